The maximum atomic E-state index is 4.61. The molecule has 0 fully saturated rings. The lowest BCUT2D eigenvalue weighted by molar-refractivity contribution is 0.708. The predicted molar refractivity (Wildman–Crippen MR) is 67.3 cm³/mol. The molecule has 17 heavy (non-hydrogen) atoms. The molecule has 0 bridgehead atoms. The van der Waals surface area contributed by atoms with Gasteiger partial charge in [-0.25, -0.2) is 9.67 Å². The monoisotopic (exact) mass is 230 g/mol. The number of rotatable bonds is 3. The fourth-order valence-electron chi connectivity index (χ4n) is 1.63. The van der Waals surface area contributed by atoms with Gasteiger partial charge in [-0.15, -0.1) is 0 Å². The molecule has 0 aromatic carbocycles. The molecule has 0 spiro atoms. The van der Waals surface area contributed by atoms with E-state index in [2.05, 4.69) is 42.8 Å². The highest BCUT2D eigenvalue weighted by Gasteiger charge is 2.16. The van der Waals surface area contributed by atoms with Crippen molar-refractivity contribution >= 4 is 0 Å². The molecule has 0 aliphatic carbocycles. The summed E-state index contributed by atoms with van der Waals surface area (Å²) in [6.45, 7) is 8.46. The van der Waals surface area contributed by atoms with Crippen molar-refractivity contribution in [2.24, 2.45) is 0 Å². The van der Waals surface area contributed by atoms with Gasteiger partial charge in [-0.1, -0.05) is 27.7 Å². The first-order chi connectivity index (χ1) is 8.09. The van der Waals surface area contributed by atoms with Gasteiger partial charge in [0.2, 0.25) is 0 Å². The Morgan fingerprint density at radius 2 is 1.88 bits per heavy atom. The summed E-state index contributed by atoms with van der Waals surface area (Å²) in [5, 5.41) is 4.57. The van der Waals surface area contributed by atoms with E-state index in [1.54, 1.807) is 6.20 Å². The van der Waals surface area contributed by atoms with E-state index in [1.807, 2.05) is 23.0 Å². The van der Waals surface area contributed by atoms with Gasteiger partial charge in [0.1, 0.15) is 5.82 Å². The number of hydrogen-bond donors (Lipinski definition) is 0. The molecule has 0 radical (unpaired) electrons. The average Bonchev–Trinajstić information content (AvgIpc) is 2.75. The van der Waals surface area contributed by atoms with Crippen molar-refractivity contribution in [1.82, 2.24) is 19.7 Å². The molecule has 0 amide bonds. The van der Waals surface area contributed by atoms with Gasteiger partial charge in [0.05, 0.1) is 11.9 Å². The summed E-state index contributed by atoms with van der Waals surface area (Å²) in [5.41, 5.74) is 0.968. The van der Waals surface area contributed by atoms with E-state index in [9.17, 15) is 0 Å². The first kappa shape index (κ1) is 11.8. The lowest BCUT2D eigenvalue weighted by Gasteiger charge is -2.06. The molecule has 0 unspecified atom stereocenters. The SMILES string of the molecule is CC(C)c1nc(C(C)C)n(-c2cccnc2)n1. The molecular formula is C13H18N4. The second kappa shape index (κ2) is 4.65. The molecular weight excluding hydrogens is 212 g/mol. The molecule has 0 aliphatic heterocycles. The van der Waals surface area contributed by atoms with Gasteiger partial charge in [0, 0.05) is 18.0 Å². The van der Waals surface area contributed by atoms with Crippen LogP contribution >= 0.6 is 0 Å². The molecule has 0 N–H and O–H groups in total. The largest absolute Gasteiger partial charge is 0.262 e. The number of pyridine rings is 1. The molecule has 2 rings (SSSR count). The lowest BCUT2D eigenvalue weighted by Crippen LogP contribution is -2.04. The highest BCUT2D eigenvalue weighted by molar-refractivity contribution is 5.28. The molecule has 2 aromatic heterocycles. The molecule has 0 atom stereocenters. The van der Waals surface area contributed by atoms with E-state index < -0.39 is 0 Å². The van der Waals surface area contributed by atoms with E-state index in [0.717, 1.165) is 17.3 Å². The minimum atomic E-state index is 0.338. The molecule has 4 heteroatoms. The van der Waals surface area contributed by atoms with Crippen LogP contribution in [0.3, 0.4) is 0 Å². The summed E-state index contributed by atoms with van der Waals surface area (Å²) in [7, 11) is 0. The van der Waals surface area contributed by atoms with Crippen molar-refractivity contribution in [3.63, 3.8) is 0 Å². The zero-order chi connectivity index (χ0) is 12.4. The Morgan fingerprint density at radius 1 is 1.12 bits per heavy atom. The first-order valence-electron chi connectivity index (χ1n) is 5.97. The second-order valence-electron chi connectivity index (χ2n) is 4.76. The van der Waals surface area contributed by atoms with Crippen LogP contribution in [0.15, 0.2) is 24.5 Å². The zero-order valence-electron chi connectivity index (χ0n) is 10.8. The maximum Gasteiger partial charge on any atom is 0.153 e. The third-order valence-corrected chi connectivity index (χ3v) is 2.57. The number of aromatic nitrogens is 4. The standard InChI is InChI=1S/C13H18N4/c1-9(2)12-15-13(10(3)4)17(16-12)11-6-5-7-14-8-11/h5-10H,1-4H3. The van der Waals surface area contributed by atoms with Crippen LogP contribution in [-0.4, -0.2) is 19.7 Å². The van der Waals surface area contributed by atoms with E-state index in [4.69, 9.17) is 0 Å². The van der Waals surface area contributed by atoms with Crippen LogP contribution in [0.1, 0.15) is 51.2 Å². The van der Waals surface area contributed by atoms with Crippen molar-refractivity contribution < 1.29 is 0 Å². The van der Waals surface area contributed by atoms with Crippen LogP contribution < -0.4 is 0 Å². The fourth-order valence-corrected chi connectivity index (χ4v) is 1.63. The highest BCUT2D eigenvalue weighted by atomic mass is 15.4. The maximum absolute atomic E-state index is 4.61. The van der Waals surface area contributed by atoms with Crippen molar-refractivity contribution in [1.29, 1.82) is 0 Å². The minimum absolute atomic E-state index is 0.338. The van der Waals surface area contributed by atoms with Gasteiger partial charge in [0.15, 0.2) is 5.82 Å². The second-order valence-corrected chi connectivity index (χ2v) is 4.76. The van der Waals surface area contributed by atoms with E-state index in [0.29, 0.717) is 11.8 Å². The van der Waals surface area contributed by atoms with Gasteiger partial charge in [0.25, 0.3) is 0 Å². The van der Waals surface area contributed by atoms with Crippen LogP contribution in [0.25, 0.3) is 5.69 Å². The summed E-state index contributed by atoms with van der Waals surface area (Å²) in [4.78, 5) is 8.74. The van der Waals surface area contributed by atoms with Gasteiger partial charge in [-0.3, -0.25) is 4.98 Å². The smallest absolute Gasteiger partial charge is 0.153 e. The van der Waals surface area contributed by atoms with Crippen LogP contribution in [0.4, 0.5) is 0 Å². The summed E-state index contributed by atoms with van der Waals surface area (Å²) >= 11 is 0. The molecule has 2 heterocycles. The quantitative estimate of drug-likeness (QED) is 0.814. The van der Waals surface area contributed by atoms with E-state index in [1.165, 1.54) is 0 Å². The number of hydrogen-bond acceptors (Lipinski definition) is 3. The number of nitrogens with zero attached hydrogens (tertiary/aromatic N) is 4. The minimum Gasteiger partial charge on any atom is -0.262 e. The Kier molecular flexibility index (Phi) is 3.22. The van der Waals surface area contributed by atoms with Crippen LogP contribution in [0, 0.1) is 0 Å². The third-order valence-electron chi connectivity index (χ3n) is 2.57. The molecule has 4 nitrogen and oxygen atoms in total. The van der Waals surface area contributed by atoms with Crippen LogP contribution in [0.5, 0.6) is 0 Å². The van der Waals surface area contributed by atoms with E-state index in [-0.39, 0.29) is 0 Å². The van der Waals surface area contributed by atoms with Gasteiger partial charge < -0.3 is 0 Å². The predicted octanol–water partition coefficient (Wildman–Crippen LogP) is 2.91. The topological polar surface area (TPSA) is 43.6 Å². The Morgan fingerprint density at radius 3 is 2.41 bits per heavy atom. The molecule has 0 saturated heterocycles. The molecule has 0 saturated carbocycles. The van der Waals surface area contributed by atoms with Gasteiger partial charge >= 0.3 is 0 Å². The summed E-state index contributed by atoms with van der Waals surface area (Å²) in [6, 6.07) is 3.91. The summed E-state index contributed by atoms with van der Waals surface area (Å²) < 4.78 is 1.90. The van der Waals surface area contributed by atoms with Crippen molar-refractivity contribution in [3.8, 4) is 5.69 Å². The molecule has 2 aromatic rings. The van der Waals surface area contributed by atoms with Crippen molar-refractivity contribution in [2.75, 3.05) is 0 Å². The lowest BCUT2D eigenvalue weighted by atomic mass is 10.2. The van der Waals surface area contributed by atoms with Crippen molar-refractivity contribution in [2.45, 2.75) is 39.5 Å². The van der Waals surface area contributed by atoms with Crippen LogP contribution in [-0.2, 0) is 0 Å². The van der Waals surface area contributed by atoms with Crippen LogP contribution in [0.2, 0.25) is 0 Å². The summed E-state index contributed by atoms with van der Waals surface area (Å²) in [6.07, 6.45) is 3.57. The van der Waals surface area contributed by atoms with Gasteiger partial charge in [-0.2, -0.15) is 5.10 Å². The molecule has 90 valence electrons. The Balaban J connectivity index is 2.52. The average molecular weight is 230 g/mol. The summed E-state index contributed by atoms with van der Waals surface area (Å²) in [5.74, 6) is 2.56. The fraction of sp³-hybridized carbons (Fsp3) is 0.462. The highest BCUT2D eigenvalue weighted by Crippen LogP contribution is 2.19. The van der Waals surface area contributed by atoms with Gasteiger partial charge in [-0.05, 0) is 12.1 Å². The Bertz CT molecular complexity index is 485. The Hall–Kier alpha value is -1.71. The Labute approximate surface area is 102 Å². The van der Waals surface area contributed by atoms with Crippen molar-refractivity contribution in [3.05, 3.63) is 36.2 Å². The normalized spacial score (nSPS) is 11.4. The third kappa shape index (κ3) is 2.35. The van der Waals surface area contributed by atoms with E-state index >= 15 is 0 Å². The molecule has 0 aliphatic rings. The zero-order valence-corrected chi connectivity index (χ0v) is 10.8. The first-order valence-corrected chi connectivity index (χ1v) is 5.97.